The van der Waals surface area contributed by atoms with Gasteiger partial charge in [-0.1, -0.05) is 94.5 Å². The molecular weight excluding hydrogens is 422 g/mol. The largest absolute Gasteiger partial charge is 0.455 e. The van der Waals surface area contributed by atoms with Gasteiger partial charge in [-0.15, -0.1) is 0 Å². The highest BCUT2D eigenvalue weighted by Crippen LogP contribution is 2.24. The molecule has 0 aliphatic heterocycles. The Kier molecular flexibility index (Phi) is 12.2. The summed E-state index contributed by atoms with van der Waals surface area (Å²) in [6.45, 7) is 6.95. The predicted molar refractivity (Wildman–Crippen MR) is 141 cm³/mol. The number of benzene rings is 2. The van der Waals surface area contributed by atoms with Gasteiger partial charge in [0, 0.05) is 18.9 Å². The van der Waals surface area contributed by atoms with E-state index >= 15 is 0 Å². The fourth-order valence-electron chi connectivity index (χ4n) is 4.56. The molecule has 2 aromatic carbocycles. The van der Waals surface area contributed by atoms with Crippen molar-refractivity contribution < 1.29 is 18.8 Å². The van der Waals surface area contributed by atoms with Crippen LogP contribution in [0, 0.1) is 0 Å². The van der Waals surface area contributed by atoms with Gasteiger partial charge in [0.25, 0.3) is 0 Å². The normalized spacial score (nSPS) is 13.3. The molecule has 0 saturated heterocycles. The topological polar surface area (TPSA) is 35.5 Å². The second kappa shape index (κ2) is 14.8. The van der Waals surface area contributed by atoms with E-state index in [1.165, 1.54) is 43.2 Å². The lowest BCUT2D eigenvalue weighted by Gasteiger charge is -2.37. The molecule has 4 heteroatoms. The molecule has 0 radical (unpaired) electrons. The van der Waals surface area contributed by atoms with Gasteiger partial charge in [0.15, 0.2) is 6.04 Å². The molecule has 0 aromatic heterocycles. The van der Waals surface area contributed by atoms with Crippen molar-refractivity contribution in [2.75, 3.05) is 14.1 Å². The number of hydrogen-bond donors (Lipinski definition) is 0. The molecule has 0 fully saturated rings. The van der Waals surface area contributed by atoms with E-state index in [1.54, 1.807) is 0 Å². The molecule has 188 valence electrons. The number of aryl methyl sites for hydroxylation is 1. The summed E-state index contributed by atoms with van der Waals surface area (Å²) in [5.74, 6) is 0.630. The zero-order chi connectivity index (χ0) is 24.8. The number of nitrogens with zero attached hydrogens (tertiary/aromatic N) is 1. The molecule has 0 N–H and O–H groups in total. The molecule has 0 aliphatic carbocycles. The Labute approximate surface area is 207 Å². The first-order valence-electron chi connectivity index (χ1n) is 13.2. The third-order valence-electron chi connectivity index (χ3n) is 6.46. The lowest BCUT2D eigenvalue weighted by molar-refractivity contribution is -0.920. The van der Waals surface area contributed by atoms with Crippen LogP contribution in [0.25, 0.3) is 0 Å². The Morgan fingerprint density at radius 2 is 1.50 bits per heavy atom. The summed E-state index contributed by atoms with van der Waals surface area (Å²) >= 11 is 0. The zero-order valence-corrected chi connectivity index (χ0v) is 22.1. The van der Waals surface area contributed by atoms with E-state index in [1.807, 2.05) is 37.3 Å². The molecule has 0 aliphatic rings. The molecule has 34 heavy (non-hydrogen) atoms. The lowest BCUT2D eigenvalue weighted by Crippen LogP contribution is -2.53. The van der Waals surface area contributed by atoms with Crippen molar-refractivity contribution in [3.8, 4) is 5.75 Å². The number of carbonyl (C=O) groups is 1. The van der Waals surface area contributed by atoms with Crippen molar-refractivity contribution in [1.29, 1.82) is 0 Å². The van der Waals surface area contributed by atoms with Gasteiger partial charge in [-0.3, -0.25) is 0 Å². The van der Waals surface area contributed by atoms with Crippen LogP contribution in [0.1, 0.15) is 83.3 Å². The van der Waals surface area contributed by atoms with Crippen LogP contribution in [-0.2, 0) is 22.5 Å². The number of para-hydroxylation sites is 1. The number of carbonyl (C=O) groups excluding carboxylic acids is 1. The SMILES string of the molecule is CCCCCCCCc1ccccc1OC(C)OC(=O)C(CCC)[N+](C)(C)Cc1ccccc1. The Morgan fingerprint density at radius 3 is 2.21 bits per heavy atom. The third-order valence-corrected chi connectivity index (χ3v) is 6.46. The molecule has 4 nitrogen and oxygen atoms in total. The maximum Gasteiger partial charge on any atom is 0.368 e. The highest BCUT2D eigenvalue weighted by molar-refractivity contribution is 5.74. The zero-order valence-electron chi connectivity index (χ0n) is 22.1. The van der Waals surface area contributed by atoms with Crippen molar-refractivity contribution in [2.24, 2.45) is 0 Å². The Balaban J connectivity index is 1.95. The second-order valence-electron chi connectivity index (χ2n) is 9.97. The van der Waals surface area contributed by atoms with E-state index in [-0.39, 0.29) is 12.0 Å². The van der Waals surface area contributed by atoms with Gasteiger partial charge in [-0.05, 0) is 30.9 Å². The predicted octanol–water partition coefficient (Wildman–Crippen LogP) is 7.30. The lowest BCUT2D eigenvalue weighted by atomic mass is 10.0. The number of ether oxygens (including phenoxy) is 2. The minimum absolute atomic E-state index is 0.191. The third kappa shape index (κ3) is 9.50. The van der Waals surface area contributed by atoms with Gasteiger partial charge in [0.2, 0.25) is 6.29 Å². The molecule has 0 bridgehead atoms. The second-order valence-corrected chi connectivity index (χ2v) is 9.97. The summed E-state index contributed by atoms with van der Waals surface area (Å²) in [5.41, 5.74) is 2.40. The Bertz CT molecular complexity index is 834. The van der Waals surface area contributed by atoms with Crippen LogP contribution in [0.15, 0.2) is 54.6 Å². The first-order chi connectivity index (χ1) is 16.4. The highest BCUT2D eigenvalue weighted by Gasteiger charge is 2.36. The van der Waals surface area contributed by atoms with Crippen molar-refractivity contribution in [3.63, 3.8) is 0 Å². The molecular formula is C30H46NO3+. The van der Waals surface area contributed by atoms with E-state index in [0.717, 1.165) is 38.0 Å². The van der Waals surface area contributed by atoms with Crippen LogP contribution in [0.3, 0.4) is 0 Å². The van der Waals surface area contributed by atoms with Gasteiger partial charge < -0.3 is 14.0 Å². The van der Waals surface area contributed by atoms with Crippen LogP contribution in [0.2, 0.25) is 0 Å². The summed E-state index contributed by atoms with van der Waals surface area (Å²) in [4.78, 5) is 13.2. The van der Waals surface area contributed by atoms with E-state index in [9.17, 15) is 4.79 Å². The molecule has 2 rings (SSSR count). The van der Waals surface area contributed by atoms with Crippen LogP contribution in [0.4, 0.5) is 0 Å². The number of rotatable bonds is 16. The van der Waals surface area contributed by atoms with E-state index in [4.69, 9.17) is 9.47 Å². The van der Waals surface area contributed by atoms with E-state index in [0.29, 0.717) is 4.48 Å². The Morgan fingerprint density at radius 1 is 0.853 bits per heavy atom. The van der Waals surface area contributed by atoms with Crippen LogP contribution in [-0.4, -0.2) is 36.9 Å². The first-order valence-corrected chi connectivity index (χ1v) is 13.2. The van der Waals surface area contributed by atoms with E-state index < -0.39 is 6.29 Å². The maximum atomic E-state index is 13.2. The Hall–Kier alpha value is -2.33. The van der Waals surface area contributed by atoms with Gasteiger partial charge in [-0.25, -0.2) is 4.79 Å². The van der Waals surface area contributed by atoms with Crippen LogP contribution >= 0.6 is 0 Å². The van der Waals surface area contributed by atoms with Crippen LogP contribution < -0.4 is 4.74 Å². The minimum atomic E-state index is -0.630. The number of quaternary nitrogens is 1. The van der Waals surface area contributed by atoms with Crippen LogP contribution in [0.5, 0.6) is 5.75 Å². The first kappa shape index (κ1) is 27.9. The fourth-order valence-corrected chi connectivity index (χ4v) is 4.56. The number of hydrogen-bond acceptors (Lipinski definition) is 3. The summed E-state index contributed by atoms with van der Waals surface area (Å²) in [6.07, 6.45) is 9.66. The van der Waals surface area contributed by atoms with Crippen molar-refractivity contribution in [1.82, 2.24) is 0 Å². The molecule has 0 amide bonds. The minimum Gasteiger partial charge on any atom is -0.455 e. The molecule has 2 atom stereocenters. The summed E-state index contributed by atoms with van der Waals surface area (Å²) in [7, 11) is 4.21. The summed E-state index contributed by atoms with van der Waals surface area (Å²) in [6, 6.07) is 18.2. The van der Waals surface area contributed by atoms with Gasteiger partial charge >= 0.3 is 5.97 Å². The standard InChI is InChI=1S/C30H46NO3/c1-6-8-9-10-11-15-21-27-22-16-17-23-29(27)33-25(3)34-30(32)28(18-7-2)31(4,5)24-26-19-13-12-14-20-26/h12-14,16-17,19-20,22-23,25,28H,6-11,15,18,21,24H2,1-5H3/q+1. The average Bonchev–Trinajstić information content (AvgIpc) is 2.80. The maximum absolute atomic E-state index is 13.2. The molecule has 0 saturated carbocycles. The quantitative estimate of drug-likeness (QED) is 0.112. The van der Waals surface area contributed by atoms with Gasteiger partial charge in [0.1, 0.15) is 12.3 Å². The molecule has 0 spiro atoms. The summed E-state index contributed by atoms with van der Waals surface area (Å²) < 4.78 is 12.5. The molecule has 0 heterocycles. The molecule has 2 aromatic rings. The van der Waals surface area contributed by atoms with Gasteiger partial charge in [0.05, 0.1) is 14.1 Å². The van der Waals surface area contributed by atoms with E-state index in [2.05, 4.69) is 52.2 Å². The average molecular weight is 469 g/mol. The summed E-state index contributed by atoms with van der Waals surface area (Å²) in [5, 5.41) is 0. The number of unbranched alkanes of at least 4 members (excludes halogenated alkanes) is 5. The number of esters is 1. The monoisotopic (exact) mass is 468 g/mol. The fraction of sp³-hybridized carbons (Fsp3) is 0.567. The van der Waals surface area contributed by atoms with Crippen molar-refractivity contribution in [3.05, 3.63) is 65.7 Å². The highest BCUT2D eigenvalue weighted by atomic mass is 16.7. The van der Waals surface area contributed by atoms with Crippen molar-refractivity contribution >= 4 is 5.97 Å². The van der Waals surface area contributed by atoms with Gasteiger partial charge in [-0.2, -0.15) is 0 Å². The molecule has 2 unspecified atom stereocenters. The number of likely N-dealkylation sites (N-methyl/N-ethyl adjacent to an activating group) is 1. The smallest absolute Gasteiger partial charge is 0.368 e. The van der Waals surface area contributed by atoms with Crippen molar-refractivity contribution in [2.45, 2.75) is 97.4 Å².